The van der Waals surface area contributed by atoms with Crippen molar-refractivity contribution < 1.29 is 12.8 Å². The Morgan fingerprint density at radius 3 is 2.65 bits per heavy atom. The van der Waals surface area contributed by atoms with E-state index in [1.807, 2.05) is 6.07 Å². The third kappa shape index (κ3) is 2.00. The molecular weight excluding hydrogens is 319 g/mol. The summed E-state index contributed by atoms with van der Waals surface area (Å²) in [5.41, 5.74) is 0.717. The van der Waals surface area contributed by atoms with Crippen molar-refractivity contribution in [1.29, 1.82) is 0 Å². The van der Waals surface area contributed by atoms with E-state index in [2.05, 4.69) is 10.3 Å². The topological polar surface area (TPSA) is 68.1 Å². The van der Waals surface area contributed by atoms with Gasteiger partial charge in [0.2, 0.25) is 5.03 Å². The molecule has 4 rings (SSSR count). The minimum Gasteiger partial charge on any atom is -0.261 e. The van der Waals surface area contributed by atoms with E-state index in [-0.39, 0.29) is 22.7 Å². The maximum atomic E-state index is 14.5. The van der Waals surface area contributed by atoms with Crippen LogP contribution in [-0.2, 0) is 22.5 Å². The van der Waals surface area contributed by atoms with Crippen molar-refractivity contribution in [3.8, 4) is 0 Å². The number of sulfonamides is 1. The molecule has 0 radical (unpaired) electrons. The molecule has 1 aromatic carbocycles. The lowest BCUT2D eigenvalue weighted by Gasteiger charge is -2.24. The molecule has 1 fully saturated rings. The molecule has 0 N–H and O–H groups in total. The van der Waals surface area contributed by atoms with Crippen molar-refractivity contribution in [1.82, 2.24) is 15.0 Å². The Hall–Kier alpha value is -1.96. The third-order valence-corrected chi connectivity index (χ3v) is 6.56. The van der Waals surface area contributed by atoms with Crippen LogP contribution in [0.3, 0.4) is 0 Å². The number of anilines is 1. The second kappa shape index (κ2) is 4.77. The number of nitrogens with zero attached hydrogens (tertiary/aromatic N) is 4. The zero-order valence-corrected chi connectivity index (χ0v) is 13.6. The molecule has 1 spiro atoms. The van der Waals surface area contributed by atoms with E-state index in [1.165, 1.54) is 21.3 Å². The van der Waals surface area contributed by atoms with E-state index in [4.69, 9.17) is 0 Å². The summed E-state index contributed by atoms with van der Waals surface area (Å²) in [6, 6.07) is 4.83. The minimum atomic E-state index is -3.92. The second-order valence-electron chi connectivity index (χ2n) is 6.37. The van der Waals surface area contributed by atoms with Crippen LogP contribution in [0.15, 0.2) is 29.4 Å². The highest BCUT2D eigenvalue weighted by Gasteiger charge is 2.49. The third-order valence-electron chi connectivity index (χ3n) is 4.95. The Morgan fingerprint density at radius 1 is 1.26 bits per heavy atom. The van der Waals surface area contributed by atoms with Gasteiger partial charge in [-0.3, -0.25) is 8.99 Å². The maximum Gasteiger partial charge on any atom is 0.285 e. The van der Waals surface area contributed by atoms with Crippen LogP contribution >= 0.6 is 0 Å². The molecule has 0 amide bonds. The Morgan fingerprint density at radius 2 is 2.00 bits per heavy atom. The molecule has 2 aliphatic rings. The van der Waals surface area contributed by atoms with Crippen molar-refractivity contribution in [3.63, 3.8) is 0 Å². The summed E-state index contributed by atoms with van der Waals surface area (Å²) >= 11 is 0. The molecule has 1 aliphatic carbocycles. The molecular formula is C15H17FN4O2S. The summed E-state index contributed by atoms with van der Waals surface area (Å²) in [5, 5.41) is 7.25. The number of rotatable bonds is 2. The summed E-state index contributed by atoms with van der Waals surface area (Å²) < 4.78 is 42.9. The first-order valence-electron chi connectivity index (χ1n) is 7.62. The predicted molar refractivity (Wildman–Crippen MR) is 82.1 cm³/mol. The lowest BCUT2D eigenvalue weighted by molar-refractivity contribution is 0.476. The largest absolute Gasteiger partial charge is 0.285 e. The normalized spacial score (nSPS) is 19.5. The highest BCUT2D eigenvalue weighted by molar-refractivity contribution is 7.92. The zero-order chi connectivity index (χ0) is 16.2. The fourth-order valence-electron chi connectivity index (χ4n) is 3.88. The number of hydrogen-bond donors (Lipinski definition) is 0. The van der Waals surface area contributed by atoms with Gasteiger partial charge in [-0.1, -0.05) is 30.2 Å². The number of aryl methyl sites for hydroxylation is 1. The second-order valence-corrected chi connectivity index (χ2v) is 8.17. The van der Waals surface area contributed by atoms with Gasteiger partial charge >= 0.3 is 0 Å². The van der Waals surface area contributed by atoms with E-state index >= 15 is 0 Å². The van der Waals surface area contributed by atoms with Crippen LogP contribution in [0.2, 0.25) is 0 Å². The van der Waals surface area contributed by atoms with E-state index in [9.17, 15) is 12.8 Å². The molecule has 122 valence electrons. The fourth-order valence-corrected chi connectivity index (χ4v) is 5.37. The van der Waals surface area contributed by atoms with E-state index in [1.54, 1.807) is 13.1 Å². The summed E-state index contributed by atoms with van der Waals surface area (Å²) in [6.07, 6.45) is 5.19. The van der Waals surface area contributed by atoms with Gasteiger partial charge in [0.25, 0.3) is 10.0 Å². The van der Waals surface area contributed by atoms with Crippen molar-refractivity contribution in [2.75, 3.05) is 10.8 Å². The fraction of sp³-hybridized carbons (Fsp3) is 0.467. The number of aromatic nitrogens is 3. The maximum absolute atomic E-state index is 14.5. The first kappa shape index (κ1) is 14.6. The monoisotopic (exact) mass is 336 g/mol. The number of benzene rings is 1. The van der Waals surface area contributed by atoms with Crippen LogP contribution < -0.4 is 4.31 Å². The smallest absolute Gasteiger partial charge is 0.261 e. The average Bonchev–Trinajstić information content (AvgIpc) is 3.21. The Bertz CT molecular complexity index is 871. The Labute approximate surface area is 134 Å². The van der Waals surface area contributed by atoms with Crippen LogP contribution in [0.5, 0.6) is 0 Å². The molecule has 1 aliphatic heterocycles. The Kier molecular flexibility index (Phi) is 3.03. The lowest BCUT2D eigenvalue weighted by Crippen LogP contribution is -2.36. The van der Waals surface area contributed by atoms with Crippen molar-refractivity contribution in [3.05, 3.63) is 35.8 Å². The van der Waals surface area contributed by atoms with Gasteiger partial charge in [0, 0.05) is 19.0 Å². The van der Waals surface area contributed by atoms with Gasteiger partial charge in [-0.2, -0.15) is 8.42 Å². The van der Waals surface area contributed by atoms with Gasteiger partial charge in [-0.25, -0.2) is 4.39 Å². The van der Waals surface area contributed by atoms with E-state index < -0.39 is 15.8 Å². The summed E-state index contributed by atoms with van der Waals surface area (Å²) in [5.74, 6) is -0.501. The van der Waals surface area contributed by atoms with E-state index in [0.29, 0.717) is 0 Å². The van der Waals surface area contributed by atoms with Gasteiger partial charge in [0.05, 0.1) is 11.9 Å². The summed E-state index contributed by atoms with van der Waals surface area (Å²) in [6.45, 7) is 0.280. The molecule has 1 saturated carbocycles. The van der Waals surface area contributed by atoms with Crippen LogP contribution in [0.1, 0.15) is 31.2 Å². The number of para-hydroxylation sites is 1. The van der Waals surface area contributed by atoms with Crippen LogP contribution in [-0.4, -0.2) is 30.0 Å². The Balaban J connectivity index is 1.89. The first-order valence-corrected chi connectivity index (χ1v) is 9.06. The standard InChI is InChI=1S/C15H17FN4O2S/c1-19-9-13(17-18-19)23(21,22)20-10-15(7-2-3-8-15)11-5-4-6-12(16)14(11)20/h4-6,9H,2-3,7-8,10H2,1H3. The lowest BCUT2D eigenvalue weighted by atomic mass is 9.81. The van der Waals surface area contributed by atoms with Crippen LogP contribution in [0, 0.1) is 5.82 Å². The molecule has 1 aromatic heterocycles. The molecule has 0 unspecified atom stereocenters. The molecule has 0 saturated heterocycles. The number of hydrogen-bond acceptors (Lipinski definition) is 4. The van der Waals surface area contributed by atoms with Crippen LogP contribution in [0.4, 0.5) is 10.1 Å². The van der Waals surface area contributed by atoms with Crippen molar-refractivity contribution in [2.24, 2.45) is 7.05 Å². The van der Waals surface area contributed by atoms with Crippen molar-refractivity contribution >= 4 is 15.7 Å². The molecule has 6 nitrogen and oxygen atoms in total. The molecule has 0 atom stereocenters. The van der Waals surface area contributed by atoms with Gasteiger partial charge < -0.3 is 0 Å². The zero-order valence-electron chi connectivity index (χ0n) is 12.7. The van der Waals surface area contributed by atoms with E-state index in [0.717, 1.165) is 31.2 Å². The molecule has 23 heavy (non-hydrogen) atoms. The quantitative estimate of drug-likeness (QED) is 0.841. The summed E-state index contributed by atoms with van der Waals surface area (Å²) in [4.78, 5) is 0. The molecule has 2 aromatic rings. The van der Waals surface area contributed by atoms with Crippen molar-refractivity contribution in [2.45, 2.75) is 36.1 Å². The van der Waals surface area contributed by atoms with Gasteiger partial charge in [0.15, 0.2) is 0 Å². The minimum absolute atomic E-state index is 0.149. The number of fused-ring (bicyclic) bond motifs is 2. The molecule has 2 heterocycles. The average molecular weight is 336 g/mol. The van der Waals surface area contributed by atoms with Gasteiger partial charge in [-0.05, 0) is 24.5 Å². The van der Waals surface area contributed by atoms with Crippen LogP contribution in [0.25, 0.3) is 0 Å². The first-order chi connectivity index (χ1) is 10.9. The molecule has 0 bridgehead atoms. The highest BCUT2D eigenvalue weighted by Crippen LogP contribution is 2.52. The molecule has 8 heteroatoms. The number of halogens is 1. The summed E-state index contributed by atoms with van der Waals surface area (Å²) in [7, 11) is -2.32. The predicted octanol–water partition coefficient (Wildman–Crippen LogP) is 1.97. The van der Waals surface area contributed by atoms with Gasteiger partial charge in [0.1, 0.15) is 5.82 Å². The van der Waals surface area contributed by atoms with Gasteiger partial charge in [-0.15, -0.1) is 5.10 Å². The SMILES string of the molecule is Cn1cc(S(=O)(=O)N2CC3(CCCC3)c3cccc(F)c32)nn1. The highest BCUT2D eigenvalue weighted by atomic mass is 32.2.